The van der Waals surface area contributed by atoms with Crippen molar-refractivity contribution in [2.24, 2.45) is 0 Å². The minimum atomic E-state index is -0.163. The summed E-state index contributed by atoms with van der Waals surface area (Å²) in [6.07, 6.45) is 6.19. The highest BCUT2D eigenvalue weighted by molar-refractivity contribution is 9.10. The van der Waals surface area contributed by atoms with Gasteiger partial charge in [-0.05, 0) is 41.4 Å². The molecule has 0 fully saturated rings. The highest BCUT2D eigenvalue weighted by Crippen LogP contribution is 2.36. The molecule has 7 heteroatoms. The Bertz CT molecular complexity index is 674. The summed E-state index contributed by atoms with van der Waals surface area (Å²) in [6, 6.07) is 3.40. The van der Waals surface area contributed by atoms with E-state index < -0.39 is 0 Å². The van der Waals surface area contributed by atoms with E-state index in [1.165, 1.54) is 0 Å². The lowest BCUT2D eigenvalue weighted by Gasteiger charge is -2.17. The zero-order valence-electron chi connectivity index (χ0n) is 14.1. The van der Waals surface area contributed by atoms with E-state index in [4.69, 9.17) is 9.47 Å². The van der Waals surface area contributed by atoms with E-state index in [1.807, 2.05) is 24.6 Å². The van der Waals surface area contributed by atoms with Crippen LogP contribution in [0.15, 0.2) is 35.3 Å². The molecule has 0 aliphatic rings. The first-order valence-electron chi connectivity index (χ1n) is 7.82. The monoisotopic (exact) mass is 395 g/mol. The Hall–Kier alpha value is -2.02. The number of carbonyl (C=O) groups is 1. The summed E-state index contributed by atoms with van der Waals surface area (Å²) in [5, 5.41) is 2.97. The summed E-state index contributed by atoms with van der Waals surface area (Å²) >= 11 is 3.45. The van der Waals surface area contributed by atoms with Gasteiger partial charge in [0.25, 0.3) is 5.91 Å². The van der Waals surface area contributed by atoms with Gasteiger partial charge in [0.1, 0.15) is 0 Å². The lowest BCUT2D eigenvalue weighted by molar-refractivity contribution is 0.0936. The van der Waals surface area contributed by atoms with Gasteiger partial charge in [-0.25, -0.2) is 4.98 Å². The summed E-state index contributed by atoms with van der Waals surface area (Å²) in [5.41, 5.74) is 0.514. The van der Waals surface area contributed by atoms with E-state index >= 15 is 0 Å². The molecule has 1 N–H and O–H groups in total. The van der Waals surface area contributed by atoms with E-state index in [-0.39, 0.29) is 11.9 Å². The first-order chi connectivity index (χ1) is 11.5. The molecule has 1 aromatic heterocycles. The maximum Gasteiger partial charge on any atom is 0.251 e. The van der Waals surface area contributed by atoms with Gasteiger partial charge in [-0.15, -0.1) is 0 Å². The Morgan fingerprint density at radius 1 is 1.46 bits per heavy atom. The van der Waals surface area contributed by atoms with Crippen LogP contribution in [0.3, 0.4) is 0 Å². The molecule has 0 saturated heterocycles. The molecule has 1 aromatic carbocycles. The molecule has 1 atom stereocenters. The van der Waals surface area contributed by atoms with Crippen LogP contribution in [0.4, 0.5) is 0 Å². The number of hydrogen-bond acceptors (Lipinski definition) is 4. The second-order valence-corrected chi connectivity index (χ2v) is 6.33. The fourth-order valence-electron chi connectivity index (χ4n) is 2.26. The van der Waals surface area contributed by atoms with E-state index in [9.17, 15) is 4.79 Å². The van der Waals surface area contributed by atoms with Crippen LogP contribution in [-0.2, 0) is 6.54 Å². The average molecular weight is 396 g/mol. The smallest absolute Gasteiger partial charge is 0.251 e. The molecule has 6 nitrogen and oxygen atoms in total. The molecule has 1 heterocycles. The second kappa shape index (κ2) is 8.73. The summed E-state index contributed by atoms with van der Waals surface area (Å²) in [4.78, 5) is 16.5. The number of nitrogens with zero attached hydrogens (tertiary/aromatic N) is 2. The van der Waals surface area contributed by atoms with Crippen LogP contribution in [0.2, 0.25) is 0 Å². The summed E-state index contributed by atoms with van der Waals surface area (Å²) in [5.74, 6) is 0.983. The number of hydrogen-bond donors (Lipinski definition) is 1. The maximum atomic E-state index is 12.5. The third-order valence-corrected chi connectivity index (χ3v) is 3.95. The number of nitrogens with one attached hydrogen (secondary N) is 1. The van der Waals surface area contributed by atoms with E-state index in [2.05, 4.69) is 26.2 Å². The molecular formula is C17H22BrN3O3. The Labute approximate surface area is 150 Å². The van der Waals surface area contributed by atoms with Crippen LogP contribution in [-0.4, -0.2) is 35.2 Å². The molecule has 24 heavy (non-hydrogen) atoms. The fourth-order valence-corrected chi connectivity index (χ4v) is 2.82. The highest BCUT2D eigenvalue weighted by atomic mass is 79.9. The second-order valence-electron chi connectivity index (χ2n) is 5.47. The number of ether oxygens (including phenoxy) is 2. The van der Waals surface area contributed by atoms with Gasteiger partial charge >= 0.3 is 0 Å². The van der Waals surface area contributed by atoms with Crippen molar-refractivity contribution in [2.45, 2.75) is 32.9 Å². The number of benzene rings is 1. The first-order valence-corrected chi connectivity index (χ1v) is 8.61. The van der Waals surface area contributed by atoms with Crippen LogP contribution in [0, 0.1) is 0 Å². The normalized spacial score (nSPS) is 11.8. The fraction of sp³-hybridized carbons (Fsp3) is 0.412. The van der Waals surface area contributed by atoms with Gasteiger partial charge < -0.3 is 19.4 Å². The number of rotatable bonds is 8. The molecular weight excluding hydrogens is 374 g/mol. The molecule has 0 spiro atoms. The van der Waals surface area contributed by atoms with Gasteiger partial charge in [0.2, 0.25) is 0 Å². The van der Waals surface area contributed by atoms with Crippen LogP contribution < -0.4 is 14.8 Å². The quantitative estimate of drug-likeness (QED) is 0.744. The third-order valence-electron chi connectivity index (χ3n) is 3.36. The van der Waals surface area contributed by atoms with Crippen LogP contribution in [0.5, 0.6) is 11.5 Å². The summed E-state index contributed by atoms with van der Waals surface area (Å²) < 4.78 is 13.7. The van der Waals surface area contributed by atoms with Gasteiger partial charge in [0, 0.05) is 30.5 Å². The van der Waals surface area contributed by atoms with E-state index in [1.54, 1.807) is 31.8 Å². The molecule has 0 aliphatic carbocycles. The molecule has 130 valence electrons. The first kappa shape index (κ1) is 18.3. The maximum absolute atomic E-state index is 12.5. The SMILES string of the molecule is CCCOc1c(Br)cc(C(=O)NC(C)Cn2ccnc2)cc1OC. The lowest BCUT2D eigenvalue weighted by atomic mass is 10.1. The van der Waals surface area contributed by atoms with Crippen molar-refractivity contribution in [3.05, 3.63) is 40.9 Å². The van der Waals surface area contributed by atoms with Crippen LogP contribution >= 0.6 is 15.9 Å². The van der Waals surface area contributed by atoms with Gasteiger partial charge in [-0.1, -0.05) is 6.92 Å². The van der Waals surface area contributed by atoms with Crippen molar-refractivity contribution < 1.29 is 14.3 Å². The minimum Gasteiger partial charge on any atom is -0.493 e. The van der Waals surface area contributed by atoms with Gasteiger partial charge in [0.05, 0.1) is 24.5 Å². The summed E-state index contributed by atoms with van der Waals surface area (Å²) in [7, 11) is 1.56. The zero-order valence-corrected chi connectivity index (χ0v) is 15.7. The van der Waals surface area contributed by atoms with E-state index in [0.717, 1.165) is 6.42 Å². The zero-order chi connectivity index (χ0) is 17.5. The number of amides is 1. The Morgan fingerprint density at radius 3 is 2.88 bits per heavy atom. The molecule has 1 amide bonds. The van der Waals surface area contributed by atoms with Gasteiger partial charge in [-0.3, -0.25) is 4.79 Å². The largest absolute Gasteiger partial charge is 0.493 e. The number of halogens is 1. The van der Waals surface area contributed by atoms with Gasteiger partial charge in [-0.2, -0.15) is 0 Å². The number of carbonyl (C=O) groups excluding carboxylic acids is 1. The third kappa shape index (κ3) is 4.74. The van der Waals surface area contributed by atoms with Crippen LogP contribution in [0.1, 0.15) is 30.6 Å². The molecule has 2 rings (SSSR count). The topological polar surface area (TPSA) is 65.4 Å². The molecule has 0 bridgehead atoms. The molecule has 1 unspecified atom stereocenters. The lowest BCUT2D eigenvalue weighted by Crippen LogP contribution is -2.35. The molecule has 0 aliphatic heterocycles. The Balaban J connectivity index is 2.09. The number of aromatic nitrogens is 2. The Morgan fingerprint density at radius 2 is 2.25 bits per heavy atom. The molecule has 0 radical (unpaired) electrons. The van der Waals surface area contributed by atoms with Crippen molar-refractivity contribution >= 4 is 21.8 Å². The van der Waals surface area contributed by atoms with Crippen molar-refractivity contribution in [3.63, 3.8) is 0 Å². The van der Waals surface area contributed by atoms with E-state index in [0.29, 0.717) is 34.7 Å². The Kier molecular flexibility index (Phi) is 6.66. The molecule has 2 aromatic rings. The van der Waals surface area contributed by atoms with Crippen LogP contribution in [0.25, 0.3) is 0 Å². The number of methoxy groups -OCH3 is 1. The van der Waals surface area contributed by atoms with Crippen molar-refractivity contribution in [1.29, 1.82) is 0 Å². The number of imidazole rings is 1. The molecule has 0 saturated carbocycles. The van der Waals surface area contributed by atoms with Crippen molar-refractivity contribution in [1.82, 2.24) is 14.9 Å². The van der Waals surface area contributed by atoms with Crippen molar-refractivity contribution in [2.75, 3.05) is 13.7 Å². The predicted molar refractivity (Wildman–Crippen MR) is 95.6 cm³/mol. The highest BCUT2D eigenvalue weighted by Gasteiger charge is 2.17. The van der Waals surface area contributed by atoms with Crippen molar-refractivity contribution in [3.8, 4) is 11.5 Å². The summed E-state index contributed by atoms with van der Waals surface area (Å²) in [6.45, 7) is 5.22. The minimum absolute atomic E-state index is 0.0347. The standard InChI is InChI=1S/C17H22BrN3O3/c1-4-7-24-16-14(18)8-13(9-15(16)23-3)17(22)20-12(2)10-21-6-5-19-11-21/h5-6,8-9,11-12H,4,7,10H2,1-3H3,(H,20,22). The average Bonchev–Trinajstić information content (AvgIpc) is 3.05. The predicted octanol–water partition coefficient (Wildman–Crippen LogP) is 3.26. The van der Waals surface area contributed by atoms with Gasteiger partial charge in [0.15, 0.2) is 11.5 Å².